The van der Waals surface area contributed by atoms with Crippen LogP contribution in [0, 0.1) is 6.92 Å². The van der Waals surface area contributed by atoms with Gasteiger partial charge in [0.2, 0.25) is 0 Å². The van der Waals surface area contributed by atoms with Gasteiger partial charge in [0.1, 0.15) is 5.82 Å². The zero-order valence-corrected chi connectivity index (χ0v) is 11.4. The molecular weight excluding hydrogens is 238 g/mol. The van der Waals surface area contributed by atoms with Gasteiger partial charge in [-0.2, -0.15) is 0 Å². The van der Waals surface area contributed by atoms with Crippen LogP contribution in [0.2, 0.25) is 0 Å². The third-order valence-corrected chi connectivity index (χ3v) is 3.90. The minimum atomic E-state index is 0.147. The third kappa shape index (κ3) is 2.10. The summed E-state index contributed by atoms with van der Waals surface area (Å²) in [5.41, 5.74) is 8.63. The summed E-state index contributed by atoms with van der Waals surface area (Å²) in [6.45, 7) is 3.71. The number of anilines is 1. The average molecular weight is 257 g/mol. The first-order chi connectivity index (χ1) is 9.16. The second-order valence-corrected chi connectivity index (χ2v) is 5.10. The number of aromatic nitrogens is 3. The largest absolute Gasteiger partial charge is 0.364 e. The summed E-state index contributed by atoms with van der Waals surface area (Å²) in [7, 11) is 2.01. The van der Waals surface area contributed by atoms with E-state index in [1.54, 1.807) is 0 Å². The van der Waals surface area contributed by atoms with Gasteiger partial charge in [0.25, 0.3) is 0 Å². The van der Waals surface area contributed by atoms with Gasteiger partial charge in [0.15, 0.2) is 5.82 Å². The summed E-state index contributed by atoms with van der Waals surface area (Å²) < 4.78 is 2.04. The fraction of sp³-hybridized carbons (Fsp3) is 0.429. The van der Waals surface area contributed by atoms with Crippen molar-refractivity contribution in [2.75, 3.05) is 11.4 Å². The Bertz CT molecular complexity index is 589. The summed E-state index contributed by atoms with van der Waals surface area (Å²) in [6.07, 6.45) is 0.980. The predicted molar refractivity (Wildman–Crippen MR) is 74.8 cm³/mol. The van der Waals surface area contributed by atoms with Crippen LogP contribution in [0.25, 0.3) is 0 Å². The molecule has 2 heterocycles. The molecule has 0 saturated heterocycles. The predicted octanol–water partition coefficient (Wildman–Crippen LogP) is 1.53. The maximum atomic E-state index is 6.18. The van der Waals surface area contributed by atoms with Gasteiger partial charge in [-0.05, 0) is 25.0 Å². The number of hydrogen-bond acceptors (Lipinski definition) is 4. The molecule has 2 N–H and O–H groups in total. The van der Waals surface area contributed by atoms with Crippen molar-refractivity contribution in [2.24, 2.45) is 12.8 Å². The van der Waals surface area contributed by atoms with Gasteiger partial charge in [-0.15, -0.1) is 10.2 Å². The number of benzene rings is 1. The molecule has 5 nitrogen and oxygen atoms in total. The van der Waals surface area contributed by atoms with Crippen LogP contribution >= 0.6 is 0 Å². The fourth-order valence-corrected chi connectivity index (χ4v) is 2.58. The summed E-state index contributed by atoms with van der Waals surface area (Å²) in [5, 5.41) is 8.36. The maximum Gasteiger partial charge on any atom is 0.152 e. The number of rotatable bonds is 2. The number of hydrogen-bond donors (Lipinski definition) is 1. The molecule has 3 rings (SSSR count). The van der Waals surface area contributed by atoms with Gasteiger partial charge in [-0.3, -0.25) is 0 Å². The monoisotopic (exact) mass is 257 g/mol. The van der Waals surface area contributed by atoms with Crippen LogP contribution in [-0.4, -0.2) is 21.3 Å². The molecule has 2 aromatic rings. The molecule has 1 aliphatic rings. The zero-order chi connectivity index (χ0) is 13.4. The fourth-order valence-electron chi connectivity index (χ4n) is 2.58. The molecule has 0 radical (unpaired) electrons. The molecule has 1 aliphatic heterocycles. The lowest BCUT2D eigenvalue weighted by atomic mass is 9.97. The van der Waals surface area contributed by atoms with E-state index >= 15 is 0 Å². The molecular formula is C14H19N5. The second-order valence-electron chi connectivity index (χ2n) is 5.10. The summed E-state index contributed by atoms with van der Waals surface area (Å²) in [5.74, 6) is 1.93. The van der Waals surface area contributed by atoms with Crippen molar-refractivity contribution in [2.45, 2.75) is 25.9 Å². The molecule has 1 aromatic heterocycles. The first-order valence-electron chi connectivity index (χ1n) is 6.61. The van der Waals surface area contributed by atoms with E-state index in [0.29, 0.717) is 0 Å². The van der Waals surface area contributed by atoms with Crippen LogP contribution in [0.3, 0.4) is 0 Å². The lowest BCUT2D eigenvalue weighted by Gasteiger charge is -2.33. The zero-order valence-electron chi connectivity index (χ0n) is 11.4. The highest BCUT2D eigenvalue weighted by Crippen LogP contribution is 2.32. The van der Waals surface area contributed by atoms with Crippen molar-refractivity contribution in [3.63, 3.8) is 0 Å². The van der Waals surface area contributed by atoms with Gasteiger partial charge in [0.05, 0.1) is 6.54 Å². The topological polar surface area (TPSA) is 60.0 Å². The molecule has 5 heteroatoms. The summed E-state index contributed by atoms with van der Waals surface area (Å²) >= 11 is 0. The van der Waals surface area contributed by atoms with E-state index in [1.807, 2.05) is 18.5 Å². The van der Waals surface area contributed by atoms with Gasteiger partial charge in [-0.1, -0.05) is 18.2 Å². The lowest BCUT2D eigenvalue weighted by molar-refractivity contribution is 0.578. The van der Waals surface area contributed by atoms with Crippen LogP contribution in [-0.2, 0) is 13.6 Å². The van der Waals surface area contributed by atoms with Gasteiger partial charge in [-0.25, -0.2) is 0 Å². The van der Waals surface area contributed by atoms with E-state index in [0.717, 1.165) is 31.2 Å². The average Bonchev–Trinajstić information content (AvgIpc) is 2.74. The van der Waals surface area contributed by atoms with Gasteiger partial charge < -0.3 is 15.2 Å². The Morgan fingerprint density at radius 1 is 1.32 bits per heavy atom. The van der Waals surface area contributed by atoms with E-state index < -0.39 is 0 Å². The molecule has 0 spiro atoms. The Morgan fingerprint density at radius 2 is 2.11 bits per heavy atom. The smallest absolute Gasteiger partial charge is 0.152 e. The Kier molecular flexibility index (Phi) is 2.98. The SMILES string of the molecule is Cc1nnc(CN2CCC(N)c3ccccc32)n1C. The van der Waals surface area contributed by atoms with Crippen LogP contribution in [0.4, 0.5) is 5.69 Å². The standard InChI is InChI=1S/C14H19N5/c1-10-16-17-14(18(10)2)9-19-8-7-12(15)11-5-3-4-6-13(11)19/h3-6,12H,7-9,15H2,1-2H3. The van der Waals surface area contributed by atoms with E-state index in [9.17, 15) is 0 Å². The maximum absolute atomic E-state index is 6.18. The minimum absolute atomic E-state index is 0.147. The molecule has 0 saturated carbocycles. The van der Waals surface area contributed by atoms with E-state index in [4.69, 9.17) is 5.73 Å². The number of para-hydroxylation sites is 1. The van der Waals surface area contributed by atoms with E-state index in [1.165, 1.54) is 11.3 Å². The van der Waals surface area contributed by atoms with Crippen LogP contribution in [0.1, 0.15) is 29.7 Å². The first-order valence-corrected chi connectivity index (χ1v) is 6.61. The quantitative estimate of drug-likeness (QED) is 0.886. The number of aryl methyl sites for hydroxylation is 1. The number of fused-ring (bicyclic) bond motifs is 1. The van der Waals surface area contributed by atoms with E-state index in [-0.39, 0.29) is 6.04 Å². The Balaban J connectivity index is 1.91. The lowest BCUT2D eigenvalue weighted by Crippen LogP contribution is -2.34. The van der Waals surface area contributed by atoms with Gasteiger partial charge >= 0.3 is 0 Å². The highest BCUT2D eigenvalue weighted by Gasteiger charge is 2.23. The highest BCUT2D eigenvalue weighted by molar-refractivity contribution is 5.56. The number of nitrogens with two attached hydrogens (primary N) is 1. The number of nitrogens with zero attached hydrogens (tertiary/aromatic N) is 4. The summed E-state index contributed by atoms with van der Waals surface area (Å²) in [6, 6.07) is 8.51. The molecule has 0 fully saturated rings. The van der Waals surface area contributed by atoms with Gasteiger partial charge in [0, 0.05) is 25.3 Å². The first kappa shape index (κ1) is 12.2. The Labute approximate surface area is 113 Å². The molecule has 1 atom stereocenters. The molecule has 0 bridgehead atoms. The van der Waals surface area contributed by atoms with Crippen LogP contribution < -0.4 is 10.6 Å². The van der Waals surface area contributed by atoms with Crippen molar-refractivity contribution in [3.8, 4) is 0 Å². The van der Waals surface area contributed by atoms with Crippen molar-refractivity contribution in [3.05, 3.63) is 41.5 Å². The van der Waals surface area contributed by atoms with Crippen molar-refractivity contribution < 1.29 is 0 Å². The van der Waals surface area contributed by atoms with Crippen molar-refractivity contribution >= 4 is 5.69 Å². The Morgan fingerprint density at radius 3 is 2.84 bits per heavy atom. The van der Waals surface area contributed by atoms with E-state index in [2.05, 4.69) is 39.4 Å². The molecule has 0 amide bonds. The van der Waals surface area contributed by atoms with Crippen molar-refractivity contribution in [1.82, 2.24) is 14.8 Å². The second kappa shape index (κ2) is 4.66. The molecule has 100 valence electrons. The molecule has 1 aromatic carbocycles. The molecule has 1 unspecified atom stereocenters. The molecule has 19 heavy (non-hydrogen) atoms. The van der Waals surface area contributed by atoms with Crippen LogP contribution in [0.15, 0.2) is 24.3 Å². The summed E-state index contributed by atoms with van der Waals surface area (Å²) in [4.78, 5) is 2.34. The normalized spacial score (nSPS) is 18.5. The highest BCUT2D eigenvalue weighted by atomic mass is 15.3. The van der Waals surface area contributed by atoms with Crippen LogP contribution in [0.5, 0.6) is 0 Å². The molecule has 0 aliphatic carbocycles. The van der Waals surface area contributed by atoms with Crippen molar-refractivity contribution in [1.29, 1.82) is 0 Å². The minimum Gasteiger partial charge on any atom is -0.364 e. The Hall–Kier alpha value is -1.88. The third-order valence-electron chi connectivity index (χ3n) is 3.90.